The third-order valence-electron chi connectivity index (χ3n) is 3.06. The van der Waals surface area contributed by atoms with Gasteiger partial charge in [-0.3, -0.25) is 4.79 Å². The standard InChI is InChI=1S/C15H18N2O2S/c1-10-13(15(16)18)4-3-5-14(10)17-8-11-6-7-12(19-11)9-20-2/h3-7,17H,8-9H2,1-2H3,(H2,16,18). The fourth-order valence-corrected chi connectivity index (χ4v) is 2.45. The summed E-state index contributed by atoms with van der Waals surface area (Å²) >= 11 is 1.72. The van der Waals surface area contributed by atoms with Gasteiger partial charge in [0, 0.05) is 11.3 Å². The first-order chi connectivity index (χ1) is 9.61. The van der Waals surface area contributed by atoms with E-state index >= 15 is 0 Å². The van der Waals surface area contributed by atoms with Crippen LogP contribution >= 0.6 is 11.8 Å². The van der Waals surface area contributed by atoms with Crippen LogP contribution in [0.2, 0.25) is 0 Å². The van der Waals surface area contributed by atoms with E-state index < -0.39 is 5.91 Å². The average molecular weight is 290 g/mol. The molecule has 1 aromatic heterocycles. The normalized spacial score (nSPS) is 10.5. The van der Waals surface area contributed by atoms with Crippen molar-refractivity contribution in [3.63, 3.8) is 0 Å². The number of carbonyl (C=O) groups is 1. The quantitative estimate of drug-likeness (QED) is 0.857. The van der Waals surface area contributed by atoms with Crippen molar-refractivity contribution < 1.29 is 9.21 Å². The van der Waals surface area contributed by atoms with Crippen molar-refractivity contribution in [2.75, 3.05) is 11.6 Å². The summed E-state index contributed by atoms with van der Waals surface area (Å²) in [6.45, 7) is 2.46. The lowest BCUT2D eigenvalue weighted by molar-refractivity contribution is 0.1000. The van der Waals surface area contributed by atoms with Gasteiger partial charge >= 0.3 is 0 Å². The molecule has 0 fully saturated rings. The zero-order chi connectivity index (χ0) is 14.5. The molecule has 2 rings (SSSR count). The lowest BCUT2D eigenvalue weighted by Gasteiger charge is -2.10. The summed E-state index contributed by atoms with van der Waals surface area (Å²) in [6, 6.07) is 9.42. The first-order valence-electron chi connectivity index (χ1n) is 6.31. The molecule has 3 N–H and O–H groups in total. The molecule has 1 heterocycles. The van der Waals surface area contributed by atoms with Gasteiger partial charge in [0.25, 0.3) is 0 Å². The van der Waals surface area contributed by atoms with Gasteiger partial charge in [0.1, 0.15) is 11.5 Å². The van der Waals surface area contributed by atoms with E-state index in [1.807, 2.05) is 37.4 Å². The molecular formula is C15H18N2O2S. The summed E-state index contributed by atoms with van der Waals surface area (Å²) < 4.78 is 5.69. The third kappa shape index (κ3) is 3.36. The molecule has 0 spiro atoms. The van der Waals surface area contributed by atoms with Crippen LogP contribution in [0.3, 0.4) is 0 Å². The van der Waals surface area contributed by atoms with Crippen LogP contribution in [0.15, 0.2) is 34.7 Å². The molecule has 106 valence electrons. The summed E-state index contributed by atoms with van der Waals surface area (Å²) in [5.74, 6) is 2.30. The lowest BCUT2D eigenvalue weighted by atomic mass is 10.1. The molecule has 0 radical (unpaired) electrons. The van der Waals surface area contributed by atoms with Gasteiger partial charge in [-0.05, 0) is 43.0 Å². The zero-order valence-corrected chi connectivity index (χ0v) is 12.4. The Morgan fingerprint density at radius 3 is 2.75 bits per heavy atom. The molecule has 20 heavy (non-hydrogen) atoms. The Balaban J connectivity index is 2.06. The van der Waals surface area contributed by atoms with Crippen LogP contribution in [0.4, 0.5) is 5.69 Å². The van der Waals surface area contributed by atoms with Crippen LogP contribution in [-0.4, -0.2) is 12.2 Å². The van der Waals surface area contributed by atoms with E-state index in [0.717, 1.165) is 28.5 Å². The van der Waals surface area contributed by atoms with Gasteiger partial charge in [-0.25, -0.2) is 0 Å². The Labute approximate surface area is 122 Å². The number of hydrogen-bond acceptors (Lipinski definition) is 4. The molecule has 0 saturated heterocycles. The highest BCUT2D eigenvalue weighted by molar-refractivity contribution is 7.97. The van der Waals surface area contributed by atoms with Crippen molar-refractivity contribution in [2.24, 2.45) is 5.73 Å². The SMILES string of the molecule is CSCc1ccc(CNc2cccc(C(N)=O)c2C)o1. The first-order valence-corrected chi connectivity index (χ1v) is 7.71. The summed E-state index contributed by atoms with van der Waals surface area (Å²) in [6.07, 6.45) is 2.04. The molecule has 1 amide bonds. The molecule has 2 aromatic rings. The second kappa shape index (κ2) is 6.52. The number of benzene rings is 1. The molecule has 0 aliphatic heterocycles. The molecule has 5 heteroatoms. The number of thioether (sulfide) groups is 1. The van der Waals surface area contributed by atoms with E-state index in [-0.39, 0.29) is 0 Å². The molecule has 0 bridgehead atoms. The van der Waals surface area contributed by atoms with E-state index in [2.05, 4.69) is 5.32 Å². The van der Waals surface area contributed by atoms with Crippen LogP contribution < -0.4 is 11.1 Å². The summed E-state index contributed by atoms with van der Waals surface area (Å²) in [5.41, 5.74) is 7.63. The van der Waals surface area contributed by atoms with Gasteiger partial charge in [-0.2, -0.15) is 11.8 Å². The first kappa shape index (κ1) is 14.5. The lowest BCUT2D eigenvalue weighted by Crippen LogP contribution is -2.13. The average Bonchev–Trinajstić information content (AvgIpc) is 2.85. The predicted octanol–water partition coefficient (Wildman–Crippen LogP) is 3.16. The second-order valence-electron chi connectivity index (χ2n) is 4.50. The highest BCUT2D eigenvalue weighted by Gasteiger charge is 2.09. The van der Waals surface area contributed by atoms with E-state index in [0.29, 0.717) is 12.1 Å². The molecule has 0 unspecified atom stereocenters. The number of nitrogens with two attached hydrogens (primary N) is 1. The van der Waals surface area contributed by atoms with Crippen LogP contribution in [0, 0.1) is 6.92 Å². The van der Waals surface area contributed by atoms with Crippen molar-refractivity contribution >= 4 is 23.4 Å². The smallest absolute Gasteiger partial charge is 0.249 e. The number of amides is 1. The van der Waals surface area contributed by atoms with Crippen LogP contribution in [0.25, 0.3) is 0 Å². The van der Waals surface area contributed by atoms with Gasteiger partial charge < -0.3 is 15.5 Å². The Morgan fingerprint density at radius 2 is 2.05 bits per heavy atom. The van der Waals surface area contributed by atoms with Crippen molar-refractivity contribution in [1.29, 1.82) is 0 Å². The number of primary amides is 1. The number of carbonyl (C=O) groups excluding carboxylic acids is 1. The van der Waals surface area contributed by atoms with Crippen LogP contribution in [-0.2, 0) is 12.3 Å². The van der Waals surface area contributed by atoms with Gasteiger partial charge in [-0.15, -0.1) is 0 Å². The molecule has 0 aliphatic rings. The van der Waals surface area contributed by atoms with Gasteiger partial charge in [-0.1, -0.05) is 6.07 Å². The highest BCUT2D eigenvalue weighted by atomic mass is 32.2. The monoisotopic (exact) mass is 290 g/mol. The van der Waals surface area contributed by atoms with Gasteiger partial charge in [0.15, 0.2) is 0 Å². The maximum atomic E-state index is 11.3. The Bertz CT molecular complexity index is 608. The van der Waals surface area contributed by atoms with Crippen molar-refractivity contribution in [3.05, 3.63) is 53.0 Å². The third-order valence-corrected chi connectivity index (χ3v) is 3.63. The van der Waals surface area contributed by atoms with Crippen molar-refractivity contribution in [2.45, 2.75) is 19.2 Å². The highest BCUT2D eigenvalue weighted by Crippen LogP contribution is 2.20. The molecule has 0 saturated carbocycles. The number of nitrogens with one attached hydrogen (secondary N) is 1. The molecular weight excluding hydrogens is 272 g/mol. The van der Waals surface area contributed by atoms with Crippen molar-refractivity contribution in [3.8, 4) is 0 Å². The zero-order valence-electron chi connectivity index (χ0n) is 11.6. The number of furan rings is 1. The van der Waals surface area contributed by atoms with Crippen LogP contribution in [0.5, 0.6) is 0 Å². The van der Waals surface area contributed by atoms with Gasteiger partial charge in [0.2, 0.25) is 5.91 Å². The van der Waals surface area contributed by atoms with E-state index in [4.69, 9.17) is 10.2 Å². The number of hydrogen-bond donors (Lipinski definition) is 2. The minimum Gasteiger partial charge on any atom is -0.463 e. The molecule has 4 nitrogen and oxygen atoms in total. The molecule has 1 aromatic carbocycles. The Kier molecular flexibility index (Phi) is 4.74. The number of rotatable bonds is 6. The fourth-order valence-electron chi connectivity index (χ4n) is 2.01. The predicted molar refractivity (Wildman–Crippen MR) is 83.0 cm³/mol. The molecule has 0 atom stereocenters. The summed E-state index contributed by atoms with van der Waals surface area (Å²) in [5, 5.41) is 3.27. The van der Waals surface area contributed by atoms with E-state index in [9.17, 15) is 4.79 Å². The molecule has 0 aliphatic carbocycles. The maximum absolute atomic E-state index is 11.3. The van der Waals surface area contributed by atoms with E-state index in [1.54, 1.807) is 17.8 Å². The minimum absolute atomic E-state index is 0.411. The van der Waals surface area contributed by atoms with Crippen molar-refractivity contribution in [1.82, 2.24) is 0 Å². The topological polar surface area (TPSA) is 68.3 Å². The summed E-state index contributed by atoms with van der Waals surface area (Å²) in [7, 11) is 0. The largest absolute Gasteiger partial charge is 0.463 e. The Morgan fingerprint density at radius 1 is 1.30 bits per heavy atom. The minimum atomic E-state index is -0.411. The van der Waals surface area contributed by atoms with Crippen LogP contribution in [0.1, 0.15) is 27.4 Å². The van der Waals surface area contributed by atoms with E-state index in [1.165, 1.54) is 0 Å². The second-order valence-corrected chi connectivity index (χ2v) is 5.36. The van der Waals surface area contributed by atoms with Gasteiger partial charge in [0.05, 0.1) is 12.3 Å². The fraction of sp³-hybridized carbons (Fsp3) is 0.267. The number of anilines is 1. The maximum Gasteiger partial charge on any atom is 0.249 e. The summed E-state index contributed by atoms with van der Waals surface area (Å²) in [4.78, 5) is 11.3. The Hall–Kier alpha value is -1.88.